The van der Waals surface area contributed by atoms with Crippen LogP contribution in [-0.2, 0) is 23.1 Å². The Morgan fingerprint density at radius 2 is 1.71 bits per heavy atom. The quantitative estimate of drug-likeness (QED) is 0.711. The molecule has 1 amide bonds. The van der Waals surface area contributed by atoms with E-state index in [1.54, 1.807) is 13.2 Å². The molecule has 0 atom stereocenters. The second-order valence-corrected chi connectivity index (χ2v) is 8.39. The number of carbonyl (C=O) groups is 1. The van der Waals surface area contributed by atoms with Gasteiger partial charge in [0.2, 0.25) is 0 Å². The fraction of sp³-hybridized carbons (Fsp3) is 0.320. The summed E-state index contributed by atoms with van der Waals surface area (Å²) in [5.74, 6) is -0.208. The maximum absolute atomic E-state index is 11.9. The number of amides is 1. The molecule has 0 saturated carbocycles. The molecule has 1 aromatic heterocycles. The van der Waals surface area contributed by atoms with Crippen molar-refractivity contribution in [2.24, 2.45) is 0 Å². The number of fused-ring (bicyclic) bond motifs is 1. The minimum absolute atomic E-state index is 0.0609. The number of hydrogen-bond acceptors (Lipinski definition) is 5. The summed E-state index contributed by atoms with van der Waals surface area (Å²) in [7, 11) is 1.61. The number of aryl methyl sites for hydroxylation is 1. The van der Waals surface area contributed by atoms with Crippen molar-refractivity contribution in [3.63, 3.8) is 0 Å². The lowest BCUT2D eigenvalue weighted by atomic mass is 9.73. The lowest BCUT2D eigenvalue weighted by molar-refractivity contribution is -0.0379. The number of nitrogens with one attached hydrogen (secondary N) is 1. The van der Waals surface area contributed by atoms with Gasteiger partial charge in [-0.15, -0.1) is 0 Å². The number of anilines is 1. The maximum Gasteiger partial charge on any atom is 0.271 e. The maximum atomic E-state index is 11.9. The van der Waals surface area contributed by atoms with Crippen LogP contribution in [-0.4, -0.2) is 42.7 Å². The molecule has 0 spiro atoms. The number of carbonyl (C=O) groups excluding carboxylic acids is 1. The Bertz CT molecular complexity index is 1110. The van der Waals surface area contributed by atoms with Gasteiger partial charge in [-0.05, 0) is 30.2 Å². The highest BCUT2D eigenvalue weighted by Crippen LogP contribution is 2.40. The number of hydrogen-bond donors (Lipinski definition) is 1. The van der Waals surface area contributed by atoms with E-state index in [1.807, 2.05) is 0 Å². The van der Waals surface area contributed by atoms with E-state index in [9.17, 15) is 4.79 Å². The van der Waals surface area contributed by atoms with Gasteiger partial charge in [0.25, 0.3) is 5.91 Å². The third kappa shape index (κ3) is 3.47. The highest BCUT2D eigenvalue weighted by atomic mass is 16.5. The first-order valence-corrected chi connectivity index (χ1v) is 10.7. The summed E-state index contributed by atoms with van der Waals surface area (Å²) in [5, 5.41) is 2.61. The van der Waals surface area contributed by atoms with Crippen molar-refractivity contribution in [3.8, 4) is 0 Å². The van der Waals surface area contributed by atoms with Gasteiger partial charge < -0.3 is 15.0 Å². The van der Waals surface area contributed by atoms with E-state index >= 15 is 0 Å². The second-order valence-electron chi connectivity index (χ2n) is 8.39. The zero-order valence-corrected chi connectivity index (χ0v) is 17.9. The minimum Gasteiger partial charge on any atom is -0.379 e. The molecule has 3 heterocycles. The highest BCUT2D eigenvalue weighted by molar-refractivity contribution is 5.91. The van der Waals surface area contributed by atoms with Gasteiger partial charge in [-0.25, -0.2) is 4.98 Å². The predicted molar refractivity (Wildman–Crippen MR) is 119 cm³/mol. The molecule has 0 bridgehead atoms. The standard InChI is InChI=1S/C25H26N4O2/c1-17-3-5-18(6-4-17)25(15-31-16-25)19-7-9-20(10-8-19)29-12-11-21-23(14-29)28-22(13-27-21)24(30)26-2/h3-10,13H,11-12,14-16H2,1-2H3,(H,26,30). The predicted octanol–water partition coefficient (Wildman–Crippen LogP) is 3.02. The minimum atomic E-state index is -0.208. The zero-order valence-electron chi connectivity index (χ0n) is 17.9. The summed E-state index contributed by atoms with van der Waals surface area (Å²) in [6, 6.07) is 17.6. The summed E-state index contributed by atoms with van der Waals surface area (Å²) in [5.41, 5.74) is 7.16. The summed E-state index contributed by atoms with van der Waals surface area (Å²) < 4.78 is 5.64. The van der Waals surface area contributed by atoms with Crippen LogP contribution in [0.2, 0.25) is 0 Å². The van der Waals surface area contributed by atoms with E-state index in [1.165, 1.54) is 16.7 Å². The van der Waals surface area contributed by atoms with Gasteiger partial charge in [0.1, 0.15) is 5.69 Å². The molecule has 6 nitrogen and oxygen atoms in total. The van der Waals surface area contributed by atoms with Crippen LogP contribution in [0.1, 0.15) is 38.6 Å². The molecule has 1 N–H and O–H groups in total. The van der Waals surface area contributed by atoms with E-state index in [4.69, 9.17) is 4.74 Å². The van der Waals surface area contributed by atoms with Crippen LogP contribution in [0.4, 0.5) is 5.69 Å². The average Bonchev–Trinajstić information content (AvgIpc) is 2.79. The largest absolute Gasteiger partial charge is 0.379 e. The second kappa shape index (κ2) is 7.78. The van der Waals surface area contributed by atoms with Crippen molar-refractivity contribution in [3.05, 3.63) is 88.5 Å². The molecule has 2 aliphatic rings. The van der Waals surface area contributed by atoms with E-state index in [2.05, 4.69) is 75.6 Å². The first kappa shape index (κ1) is 19.7. The van der Waals surface area contributed by atoms with Crippen LogP contribution in [0.5, 0.6) is 0 Å². The molecule has 3 aromatic rings. The van der Waals surface area contributed by atoms with Gasteiger partial charge in [-0.2, -0.15) is 0 Å². The van der Waals surface area contributed by atoms with Gasteiger partial charge in [0.15, 0.2) is 0 Å². The van der Waals surface area contributed by atoms with Crippen molar-refractivity contribution in [1.82, 2.24) is 15.3 Å². The van der Waals surface area contributed by atoms with E-state index in [-0.39, 0.29) is 11.3 Å². The molecule has 31 heavy (non-hydrogen) atoms. The third-order valence-electron chi connectivity index (χ3n) is 6.44. The summed E-state index contributed by atoms with van der Waals surface area (Å²) in [4.78, 5) is 23.2. The fourth-order valence-corrected chi connectivity index (χ4v) is 4.42. The average molecular weight is 415 g/mol. The van der Waals surface area contributed by atoms with E-state index in [0.717, 1.165) is 30.0 Å². The van der Waals surface area contributed by atoms with Crippen molar-refractivity contribution in [2.75, 3.05) is 31.7 Å². The lowest BCUT2D eigenvalue weighted by Gasteiger charge is -2.43. The molecular formula is C25H26N4O2. The van der Waals surface area contributed by atoms with Crippen LogP contribution in [0.15, 0.2) is 54.7 Å². The lowest BCUT2D eigenvalue weighted by Crippen LogP contribution is -2.47. The van der Waals surface area contributed by atoms with Gasteiger partial charge >= 0.3 is 0 Å². The molecule has 2 aliphatic heterocycles. The van der Waals surface area contributed by atoms with E-state index in [0.29, 0.717) is 25.5 Å². The molecule has 5 rings (SSSR count). The van der Waals surface area contributed by atoms with Gasteiger partial charge in [-0.3, -0.25) is 9.78 Å². The number of rotatable bonds is 4. The van der Waals surface area contributed by atoms with Crippen LogP contribution in [0, 0.1) is 6.92 Å². The number of benzene rings is 2. The number of ether oxygens (including phenoxy) is 1. The van der Waals surface area contributed by atoms with Crippen molar-refractivity contribution < 1.29 is 9.53 Å². The van der Waals surface area contributed by atoms with Crippen LogP contribution >= 0.6 is 0 Å². The van der Waals surface area contributed by atoms with Crippen molar-refractivity contribution in [1.29, 1.82) is 0 Å². The topological polar surface area (TPSA) is 67.4 Å². The van der Waals surface area contributed by atoms with E-state index < -0.39 is 0 Å². The Balaban J connectivity index is 1.38. The van der Waals surface area contributed by atoms with Gasteiger partial charge in [0.05, 0.1) is 42.8 Å². The Morgan fingerprint density at radius 3 is 2.32 bits per heavy atom. The Morgan fingerprint density at radius 1 is 1.03 bits per heavy atom. The molecule has 6 heteroatoms. The molecular weight excluding hydrogens is 388 g/mol. The summed E-state index contributed by atoms with van der Waals surface area (Å²) in [6.07, 6.45) is 2.38. The molecule has 1 saturated heterocycles. The first-order valence-electron chi connectivity index (χ1n) is 10.7. The van der Waals surface area contributed by atoms with Crippen molar-refractivity contribution >= 4 is 11.6 Å². The van der Waals surface area contributed by atoms with Crippen LogP contribution in [0.3, 0.4) is 0 Å². The van der Waals surface area contributed by atoms with Crippen molar-refractivity contribution in [2.45, 2.75) is 25.3 Å². The highest BCUT2D eigenvalue weighted by Gasteiger charge is 2.42. The molecule has 0 unspecified atom stereocenters. The molecule has 0 aliphatic carbocycles. The molecule has 158 valence electrons. The Kier molecular flexibility index (Phi) is 4.94. The normalized spacial score (nSPS) is 16.9. The summed E-state index contributed by atoms with van der Waals surface area (Å²) >= 11 is 0. The third-order valence-corrected chi connectivity index (χ3v) is 6.44. The zero-order chi connectivity index (χ0) is 21.4. The fourth-order valence-electron chi connectivity index (χ4n) is 4.42. The molecule has 2 aromatic carbocycles. The van der Waals surface area contributed by atoms with Gasteiger partial charge in [0, 0.05) is 25.7 Å². The Hall–Kier alpha value is -3.25. The SMILES string of the molecule is CNC(=O)c1cnc2c(n1)CN(c1ccc(C3(c4ccc(C)cc4)COC3)cc1)CC2. The number of nitrogens with zero attached hydrogens (tertiary/aromatic N) is 3. The number of aromatic nitrogens is 2. The summed E-state index contributed by atoms with van der Waals surface area (Å²) in [6.45, 7) is 5.07. The molecule has 0 radical (unpaired) electrons. The smallest absolute Gasteiger partial charge is 0.271 e. The van der Waals surface area contributed by atoms with Gasteiger partial charge in [-0.1, -0.05) is 42.0 Å². The first-order chi connectivity index (χ1) is 15.1. The van der Waals surface area contributed by atoms with Crippen LogP contribution < -0.4 is 10.2 Å². The molecule has 1 fully saturated rings. The monoisotopic (exact) mass is 414 g/mol. The van der Waals surface area contributed by atoms with Crippen LogP contribution in [0.25, 0.3) is 0 Å². The Labute approximate surface area is 182 Å².